The first-order valence-electron chi connectivity index (χ1n) is 6.45. The molecule has 1 saturated heterocycles. The number of benzene rings is 1. The molecule has 0 unspecified atom stereocenters. The van der Waals surface area contributed by atoms with E-state index in [1.165, 1.54) is 31.6 Å². The van der Waals surface area contributed by atoms with E-state index in [0.29, 0.717) is 13.2 Å². The second-order valence-electron chi connectivity index (χ2n) is 4.24. The fourth-order valence-corrected chi connectivity index (χ4v) is 2.11. The smallest absolute Gasteiger partial charge is 0.121 e. The summed E-state index contributed by atoms with van der Waals surface area (Å²) in [5.74, 6) is 0.939. The Hall–Kier alpha value is -1.22. The molecule has 0 aliphatic carbocycles. The summed E-state index contributed by atoms with van der Waals surface area (Å²) in [6.07, 6.45) is 2.60. The van der Waals surface area contributed by atoms with Crippen molar-refractivity contribution in [3.8, 4) is 5.75 Å². The number of hydrogen-bond donors (Lipinski definition) is 0. The van der Waals surface area contributed by atoms with Gasteiger partial charge in [0.25, 0.3) is 0 Å². The van der Waals surface area contributed by atoms with Crippen molar-refractivity contribution < 1.29 is 9.47 Å². The van der Waals surface area contributed by atoms with Gasteiger partial charge < -0.3 is 14.4 Å². The molecule has 0 atom stereocenters. The van der Waals surface area contributed by atoms with Crippen LogP contribution in [0.4, 0.5) is 5.69 Å². The summed E-state index contributed by atoms with van der Waals surface area (Å²) in [5, 5.41) is 0. The first-order valence-corrected chi connectivity index (χ1v) is 6.45. The molecule has 1 aromatic rings. The van der Waals surface area contributed by atoms with Gasteiger partial charge in [0.1, 0.15) is 12.4 Å². The summed E-state index contributed by atoms with van der Waals surface area (Å²) in [4.78, 5) is 2.41. The molecular weight excluding hydrogens is 214 g/mol. The molecule has 0 amide bonds. The van der Waals surface area contributed by atoms with E-state index in [1.807, 2.05) is 13.0 Å². The first kappa shape index (κ1) is 12.2. The Balaban J connectivity index is 1.87. The average molecular weight is 235 g/mol. The maximum atomic E-state index is 5.66. The summed E-state index contributed by atoms with van der Waals surface area (Å²) >= 11 is 0. The van der Waals surface area contributed by atoms with Crippen molar-refractivity contribution in [3.05, 3.63) is 24.3 Å². The van der Waals surface area contributed by atoms with E-state index in [1.54, 1.807) is 0 Å². The summed E-state index contributed by atoms with van der Waals surface area (Å²) in [6.45, 7) is 6.36. The first-order chi connectivity index (χ1) is 8.40. The van der Waals surface area contributed by atoms with Gasteiger partial charge in [-0.2, -0.15) is 0 Å². The van der Waals surface area contributed by atoms with Crippen LogP contribution in [-0.4, -0.2) is 32.9 Å². The monoisotopic (exact) mass is 235 g/mol. The zero-order chi connectivity index (χ0) is 11.9. The van der Waals surface area contributed by atoms with E-state index in [9.17, 15) is 0 Å². The number of anilines is 1. The molecule has 0 saturated carbocycles. The van der Waals surface area contributed by atoms with Crippen LogP contribution < -0.4 is 9.64 Å². The predicted octanol–water partition coefficient (Wildman–Crippen LogP) is 2.70. The third kappa shape index (κ3) is 3.63. The number of rotatable bonds is 6. The van der Waals surface area contributed by atoms with E-state index in [2.05, 4.69) is 23.1 Å². The third-order valence-electron chi connectivity index (χ3n) is 2.99. The molecule has 0 radical (unpaired) electrons. The molecule has 94 valence electrons. The quantitative estimate of drug-likeness (QED) is 0.708. The van der Waals surface area contributed by atoms with Gasteiger partial charge in [-0.15, -0.1) is 0 Å². The van der Waals surface area contributed by atoms with Crippen molar-refractivity contribution in [2.75, 3.05) is 37.8 Å². The van der Waals surface area contributed by atoms with Gasteiger partial charge in [0.2, 0.25) is 0 Å². The van der Waals surface area contributed by atoms with Crippen molar-refractivity contribution in [1.82, 2.24) is 0 Å². The molecule has 1 aromatic carbocycles. The summed E-state index contributed by atoms with van der Waals surface area (Å²) in [7, 11) is 0. The third-order valence-corrected chi connectivity index (χ3v) is 2.99. The zero-order valence-corrected chi connectivity index (χ0v) is 10.5. The second kappa shape index (κ2) is 6.50. The van der Waals surface area contributed by atoms with E-state index >= 15 is 0 Å². The molecule has 2 rings (SSSR count). The molecule has 0 aromatic heterocycles. The van der Waals surface area contributed by atoms with Gasteiger partial charge in [0, 0.05) is 31.5 Å². The van der Waals surface area contributed by atoms with Gasteiger partial charge in [-0.05, 0) is 31.9 Å². The van der Waals surface area contributed by atoms with E-state index in [0.717, 1.165) is 12.4 Å². The molecule has 17 heavy (non-hydrogen) atoms. The number of ether oxygens (including phenoxy) is 2. The molecule has 3 heteroatoms. The SMILES string of the molecule is CCOCCOc1cccc(N2CCCC2)c1. The fraction of sp³-hybridized carbons (Fsp3) is 0.571. The van der Waals surface area contributed by atoms with Crippen LogP contribution in [0.3, 0.4) is 0 Å². The highest BCUT2D eigenvalue weighted by Crippen LogP contribution is 2.24. The summed E-state index contributed by atoms with van der Waals surface area (Å²) in [5.41, 5.74) is 1.27. The molecule has 1 aliphatic rings. The topological polar surface area (TPSA) is 21.7 Å². The van der Waals surface area contributed by atoms with E-state index in [4.69, 9.17) is 9.47 Å². The Labute approximate surface area is 103 Å². The molecule has 0 spiro atoms. The molecule has 1 aliphatic heterocycles. The van der Waals surface area contributed by atoms with Crippen LogP contribution >= 0.6 is 0 Å². The minimum Gasteiger partial charge on any atom is -0.491 e. The Morgan fingerprint density at radius 1 is 1.18 bits per heavy atom. The Kier molecular flexibility index (Phi) is 4.68. The zero-order valence-electron chi connectivity index (χ0n) is 10.5. The predicted molar refractivity (Wildman–Crippen MR) is 69.9 cm³/mol. The van der Waals surface area contributed by atoms with Crippen LogP contribution in [0.15, 0.2) is 24.3 Å². The van der Waals surface area contributed by atoms with Crippen molar-refractivity contribution in [1.29, 1.82) is 0 Å². The normalized spacial score (nSPS) is 15.2. The van der Waals surface area contributed by atoms with Crippen LogP contribution in [-0.2, 0) is 4.74 Å². The van der Waals surface area contributed by atoms with E-state index < -0.39 is 0 Å². The van der Waals surface area contributed by atoms with Gasteiger partial charge in [-0.1, -0.05) is 6.07 Å². The fourth-order valence-electron chi connectivity index (χ4n) is 2.11. The standard InChI is InChI=1S/C14H21NO2/c1-2-16-10-11-17-14-7-5-6-13(12-14)15-8-3-4-9-15/h5-7,12H,2-4,8-11H2,1H3. The lowest BCUT2D eigenvalue weighted by Gasteiger charge is -2.18. The van der Waals surface area contributed by atoms with Gasteiger partial charge >= 0.3 is 0 Å². The van der Waals surface area contributed by atoms with Gasteiger partial charge in [-0.25, -0.2) is 0 Å². The number of hydrogen-bond acceptors (Lipinski definition) is 3. The number of nitrogens with zero attached hydrogens (tertiary/aromatic N) is 1. The van der Waals surface area contributed by atoms with E-state index in [-0.39, 0.29) is 0 Å². The lowest BCUT2D eigenvalue weighted by atomic mass is 10.3. The van der Waals surface area contributed by atoms with Crippen molar-refractivity contribution in [2.45, 2.75) is 19.8 Å². The minimum absolute atomic E-state index is 0.622. The van der Waals surface area contributed by atoms with Gasteiger partial charge in [0.15, 0.2) is 0 Å². The average Bonchev–Trinajstić information content (AvgIpc) is 2.89. The highest BCUT2D eigenvalue weighted by atomic mass is 16.5. The summed E-state index contributed by atoms with van der Waals surface area (Å²) in [6, 6.07) is 8.34. The summed E-state index contributed by atoms with van der Waals surface area (Å²) < 4.78 is 10.9. The maximum Gasteiger partial charge on any atom is 0.121 e. The molecular formula is C14H21NO2. The van der Waals surface area contributed by atoms with Gasteiger partial charge in [0.05, 0.1) is 6.61 Å². The molecule has 0 bridgehead atoms. The van der Waals surface area contributed by atoms with Crippen LogP contribution in [0.2, 0.25) is 0 Å². The Morgan fingerprint density at radius 2 is 2.00 bits per heavy atom. The lowest BCUT2D eigenvalue weighted by molar-refractivity contribution is 0.110. The molecule has 0 N–H and O–H groups in total. The molecule has 1 heterocycles. The highest BCUT2D eigenvalue weighted by molar-refractivity contribution is 5.51. The van der Waals surface area contributed by atoms with Crippen molar-refractivity contribution in [2.24, 2.45) is 0 Å². The second-order valence-corrected chi connectivity index (χ2v) is 4.24. The van der Waals surface area contributed by atoms with Crippen LogP contribution in [0.5, 0.6) is 5.75 Å². The van der Waals surface area contributed by atoms with Crippen molar-refractivity contribution >= 4 is 5.69 Å². The van der Waals surface area contributed by atoms with Crippen LogP contribution in [0.1, 0.15) is 19.8 Å². The lowest BCUT2D eigenvalue weighted by Crippen LogP contribution is -2.17. The molecule has 3 nitrogen and oxygen atoms in total. The Morgan fingerprint density at radius 3 is 2.76 bits per heavy atom. The molecule has 1 fully saturated rings. The Bertz CT molecular complexity index is 335. The van der Waals surface area contributed by atoms with Crippen molar-refractivity contribution in [3.63, 3.8) is 0 Å². The highest BCUT2D eigenvalue weighted by Gasteiger charge is 2.12. The minimum atomic E-state index is 0.622. The van der Waals surface area contributed by atoms with Crippen LogP contribution in [0.25, 0.3) is 0 Å². The largest absolute Gasteiger partial charge is 0.491 e. The maximum absolute atomic E-state index is 5.66. The van der Waals surface area contributed by atoms with Gasteiger partial charge in [-0.3, -0.25) is 0 Å². The van der Waals surface area contributed by atoms with Crippen LogP contribution in [0, 0.1) is 0 Å².